The van der Waals surface area contributed by atoms with Crippen molar-refractivity contribution in [3.8, 4) is 0 Å². The summed E-state index contributed by atoms with van der Waals surface area (Å²) in [6, 6.07) is 4.25. The van der Waals surface area contributed by atoms with Crippen LogP contribution < -0.4 is 10.2 Å². The SMILES string of the molecule is CCOC(=O)Nc1cccnc1N1CCN([C@@H]2CCC3(C2)CN(C(=O)OCC)C3)CC1. The number of rotatable bonds is 5. The number of hydrogen-bond acceptors (Lipinski definition) is 7. The molecule has 1 aliphatic carbocycles. The fraction of sp³-hybridized carbons (Fsp3) is 0.682. The van der Waals surface area contributed by atoms with Crippen LogP contribution in [-0.2, 0) is 9.47 Å². The Hall–Kier alpha value is -2.55. The van der Waals surface area contributed by atoms with Gasteiger partial charge in [0.05, 0.1) is 18.9 Å². The predicted molar refractivity (Wildman–Crippen MR) is 117 cm³/mol. The van der Waals surface area contributed by atoms with Gasteiger partial charge >= 0.3 is 12.2 Å². The number of nitrogens with one attached hydrogen (secondary N) is 1. The Labute approximate surface area is 183 Å². The topological polar surface area (TPSA) is 87.2 Å². The van der Waals surface area contributed by atoms with E-state index in [1.165, 1.54) is 12.8 Å². The van der Waals surface area contributed by atoms with Crippen molar-refractivity contribution in [3.05, 3.63) is 18.3 Å². The minimum atomic E-state index is -0.455. The number of carbonyl (C=O) groups is 2. The second-order valence-corrected chi connectivity index (χ2v) is 8.69. The van der Waals surface area contributed by atoms with Crippen LogP contribution in [0.3, 0.4) is 0 Å². The summed E-state index contributed by atoms with van der Waals surface area (Å²) >= 11 is 0. The van der Waals surface area contributed by atoms with Gasteiger partial charge in [0, 0.05) is 56.9 Å². The fourth-order valence-corrected chi connectivity index (χ4v) is 5.21. The zero-order valence-electron chi connectivity index (χ0n) is 18.5. The molecule has 1 spiro atoms. The number of aromatic nitrogens is 1. The molecule has 9 heteroatoms. The number of nitrogens with zero attached hydrogens (tertiary/aromatic N) is 4. The third kappa shape index (κ3) is 4.71. The zero-order chi connectivity index (χ0) is 21.8. The highest BCUT2D eigenvalue weighted by molar-refractivity contribution is 5.88. The molecule has 3 aliphatic rings. The van der Waals surface area contributed by atoms with Gasteiger partial charge < -0.3 is 19.3 Å². The lowest BCUT2D eigenvalue weighted by Gasteiger charge is -2.48. The van der Waals surface area contributed by atoms with Crippen LogP contribution >= 0.6 is 0 Å². The summed E-state index contributed by atoms with van der Waals surface area (Å²) in [4.78, 5) is 34.9. The molecule has 2 amide bonds. The predicted octanol–water partition coefficient (Wildman–Crippen LogP) is 2.78. The molecule has 1 saturated carbocycles. The van der Waals surface area contributed by atoms with Crippen LogP contribution in [0.5, 0.6) is 0 Å². The van der Waals surface area contributed by atoms with Gasteiger partial charge in [-0.1, -0.05) is 0 Å². The Balaban J connectivity index is 1.29. The van der Waals surface area contributed by atoms with Crippen LogP contribution in [0.2, 0.25) is 0 Å². The third-order valence-corrected chi connectivity index (χ3v) is 6.68. The van der Waals surface area contributed by atoms with Crippen LogP contribution in [0.25, 0.3) is 0 Å². The maximum absolute atomic E-state index is 11.9. The van der Waals surface area contributed by atoms with E-state index in [2.05, 4.69) is 20.1 Å². The number of carbonyl (C=O) groups excluding carboxylic acids is 2. The van der Waals surface area contributed by atoms with Gasteiger partial charge in [-0.2, -0.15) is 0 Å². The molecule has 0 bridgehead atoms. The number of likely N-dealkylation sites (tertiary alicyclic amines) is 1. The minimum Gasteiger partial charge on any atom is -0.450 e. The summed E-state index contributed by atoms with van der Waals surface area (Å²) in [7, 11) is 0. The van der Waals surface area contributed by atoms with Gasteiger partial charge in [-0.05, 0) is 45.2 Å². The Morgan fingerprint density at radius 3 is 2.61 bits per heavy atom. The largest absolute Gasteiger partial charge is 0.450 e. The van der Waals surface area contributed by atoms with Crippen molar-refractivity contribution in [2.45, 2.75) is 39.2 Å². The van der Waals surface area contributed by atoms with Crippen LogP contribution in [0.4, 0.5) is 21.1 Å². The number of pyridine rings is 1. The number of ether oxygens (including phenoxy) is 2. The molecule has 4 rings (SSSR count). The second-order valence-electron chi connectivity index (χ2n) is 8.69. The number of anilines is 2. The highest BCUT2D eigenvalue weighted by Gasteiger charge is 2.51. The molecule has 3 heterocycles. The number of amides is 2. The van der Waals surface area contributed by atoms with Gasteiger partial charge in [0.1, 0.15) is 0 Å². The van der Waals surface area contributed by atoms with Crippen LogP contribution in [0.15, 0.2) is 18.3 Å². The summed E-state index contributed by atoms with van der Waals surface area (Å²) in [6.45, 7) is 9.74. The van der Waals surface area contributed by atoms with Crippen molar-refractivity contribution in [1.82, 2.24) is 14.8 Å². The molecule has 2 saturated heterocycles. The fourth-order valence-electron chi connectivity index (χ4n) is 5.21. The number of piperazine rings is 1. The molecule has 1 aromatic heterocycles. The Kier molecular flexibility index (Phi) is 6.50. The summed E-state index contributed by atoms with van der Waals surface area (Å²) < 4.78 is 10.1. The van der Waals surface area contributed by atoms with Crippen LogP contribution in [0.1, 0.15) is 33.1 Å². The van der Waals surface area contributed by atoms with Gasteiger partial charge in [-0.25, -0.2) is 14.6 Å². The van der Waals surface area contributed by atoms with Crippen molar-refractivity contribution >= 4 is 23.7 Å². The minimum absolute atomic E-state index is 0.173. The summed E-state index contributed by atoms with van der Waals surface area (Å²) in [6.07, 6.45) is 4.65. The van der Waals surface area contributed by atoms with E-state index in [0.29, 0.717) is 24.9 Å². The van der Waals surface area contributed by atoms with E-state index in [0.717, 1.165) is 51.5 Å². The van der Waals surface area contributed by atoms with E-state index in [4.69, 9.17) is 9.47 Å². The highest BCUT2D eigenvalue weighted by atomic mass is 16.6. The molecule has 1 N–H and O–H groups in total. The normalized spacial score (nSPS) is 22.8. The van der Waals surface area contributed by atoms with Crippen molar-refractivity contribution in [2.75, 3.05) is 62.7 Å². The quantitative estimate of drug-likeness (QED) is 0.767. The van der Waals surface area contributed by atoms with Gasteiger partial charge in [0.25, 0.3) is 0 Å². The maximum atomic E-state index is 11.9. The van der Waals surface area contributed by atoms with Crippen molar-refractivity contribution in [1.29, 1.82) is 0 Å². The monoisotopic (exact) mass is 431 g/mol. The van der Waals surface area contributed by atoms with Gasteiger partial charge in [0.2, 0.25) is 0 Å². The Bertz CT molecular complexity index is 790. The van der Waals surface area contributed by atoms with Crippen molar-refractivity contribution < 1.29 is 19.1 Å². The Morgan fingerprint density at radius 2 is 1.90 bits per heavy atom. The molecule has 0 aromatic carbocycles. The molecule has 31 heavy (non-hydrogen) atoms. The van der Waals surface area contributed by atoms with E-state index < -0.39 is 6.09 Å². The van der Waals surface area contributed by atoms with E-state index >= 15 is 0 Å². The number of hydrogen-bond donors (Lipinski definition) is 1. The van der Waals surface area contributed by atoms with Gasteiger partial charge in [-0.3, -0.25) is 10.2 Å². The van der Waals surface area contributed by atoms with Crippen molar-refractivity contribution in [3.63, 3.8) is 0 Å². The third-order valence-electron chi connectivity index (χ3n) is 6.68. The molecular formula is C22H33N5O4. The van der Waals surface area contributed by atoms with Crippen molar-refractivity contribution in [2.24, 2.45) is 5.41 Å². The molecule has 2 aliphatic heterocycles. The second kappa shape index (κ2) is 9.30. The average Bonchev–Trinajstić information content (AvgIpc) is 3.20. The van der Waals surface area contributed by atoms with Gasteiger partial charge in [-0.15, -0.1) is 0 Å². The lowest BCUT2D eigenvalue weighted by Crippen LogP contribution is -2.58. The molecule has 170 valence electrons. The summed E-state index contributed by atoms with van der Waals surface area (Å²) in [5.41, 5.74) is 0.967. The zero-order valence-corrected chi connectivity index (χ0v) is 18.5. The van der Waals surface area contributed by atoms with Gasteiger partial charge in [0.15, 0.2) is 5.82 Å². The first-order valence-corrected chi connectivity index (χ1v) is 11.3. The lowest BCUT2D eigenvalue weighted by molar-refractivity contribution is -0.00294. The maximum Gasteiger partial charge on any atom is 0.411 e. The standard InChI is InChI=1S/C22H33N5O4/c1-3-30-20(28)24-18-6-5-9-23-19(18)26-12-10-25(11-13-26)17-7-8-22(14-17)15-27(16-22)21(29)31-4-2/h5-6,9,17H,3-4,7-8,10-16H2,1-2H3,(H,24,28)/t17-/m1/s1. The van der Waals surface area contributed by atoms with Crippen LogP contribution in [-0.4, -0.2) is 85.5 Å². The van der Waals surface area contributed by atoms with E-state index in [-0.39, 0.29) is 11.5 Å². The summed E-state index contributed by atoms with van der Waals surface area (Å²) in [5.74, 6) is 0.794. The van der Waals surface area contributed by atoms with E-state index in [9.17, 15) is 9.59 Å². The lowest BCUT2D eigenvalue weighted by atomic mass is 9.78. The highest BCUT2D eigenvalue weighted by Crippen LogP contribution is 2.47. The molecular weight excluding hydrogens is 398 g/mol. The van der Waals surface area contributed by atoms with Crippen LogP contribution in [0, 0.1) is 5.41 Å². The first-order chi connectivity index (χ1) is 15.0. The molecule has 1 atom stereocenters. The van der Waals surface area contributed by atoms with E-state index in [1.807, 2.05) is 24.0 Å². The summed E-state index contributed by atoms with van der Waals surface area (Å²) in [5, 5.41) is 2.80. The first-order valence-electron chi connectivity index (χ1n) is 11.3. The molecule has 0 unspecified atom stereocenters. The first kappa shape index (κ1) is 21.7. The smallest absolute Gasteiger partial charge is 0.411 e. The Morgan fingerprint density at radius 1 is 1.16 bits per heavy atom. The molecule has 9 nitrogen and oxygen atoms in total. The average molecular weight is 432 g/mol. The molecule has 1 aromatic rings. The van der Waals surface area contributed by atoms with E-state index in [1.54, 1.807) is 13.1 Å². The molecule has 3 fully saturated rings. The molecule has 0 radical (unpaired) electrons.